The van der Waals surface area contributed by atoms with Gasteiger partial charge in [-0.25, -0.2) is 0 Å². The van der Waals surface area contributed by atoms with Crippen LogP contribution in [0.15, 0.2) is 11.6 Å². The molecule has 3 unspecified atom stereocenters. The van der Waals surface area contributed by atoms with Crippen LogP contribution < -0.4 is 0 Å². The molecule has 0 aromatic rings. The molecule has 0 radical (unpaired) electrons. The van der Waals surface area contributed by atoms with Crippen LogP contribution in [-0.4, -0.2) is 17.0 Å². The van der Waals surface area contributed by atoms with Gasteiger partial charge in [-0.2, -0.15) is 0 Å². The Morgan fingerprint density at radius 3 is 2.24 bits per heavy atom. The van der Waals surface area contributed by atoms with Crippen molar-refractivity contribution in [1.29, 1.82) is 0 Å². The first-order valence-corrected chi connectivity index (χ1v) is 6.43. The van der Waals surface area contributed by atoms with Gasteiger partial charge in [0.05, 0.1) is 17.1 Å². The first-order chi connectivity index (χ1) is 7.52. The third-order valence-electron chi connectivity index (χ3n) is 4.92. The van der Waals surface area contributed by atoms with Crippen molar-refractivity contribution in [3.05, 3.63) is 11.6 Å². The Bertz CT molecular complexity index is 403. The highest BCUT2D eigenvalue weighted by Gasteiger charge is 2.64. The van der Waals surface area contributed by atoms with E-state index in [-0.39, 0.29) is 34.2 Å². The van der Waals surface area contributed by atoms with E-state index in [1.807, 2.05) is 13.8 Å². The Labute approximate surface area is 104 Å². The quantitative estimate of drug-likeness (QED) is 0.653. The summed E-state index contributed by atoms with van der Waals surface area (Å²) in [6.45, 7) is 14.5. The highest BCUT2D eigenvalue weighted by atomic mass is 16.5. The maximum Gasteiger partial charge on any atom is 0.136 e. The standard InChI is InChI=1S/C15H24O2/c1-9-8-15(7)12(13(9,3)4)11(10(2)16)14(5,6)17-15/h8,11-12H,1-7H3. The van der Waals surface area contributed by atoms with Crippen molar-refractivity contribution < 1.29 is 9.53 Å². The van der Waals surface area contributed by atoms with Gasteiger partial charge in [0.2, 0.25) is 0 Å². The lowest BCUT2D eigenvalue weighted by Crippen LogP contribution is -2.41. The normalized spacial score (nSPS) is 42.2. The van der Waals surface area contributed by atoms with Crippen LogP contribution in [0.1, 0.15) is 48.5 Å². The molecule has 0 N–H and O–H groups in total. The topological polar surface area (TPSA) is 26.3 Å². The van der Waals surface area contributed by atoms with Gasteiger partial charge < -0.3 is 4.74 Å². The van der Waals surface area contributed by atoms with E-state index in [9.17, 15) is 4.79 Å². The van der Waals surface area contributed by atoms with Crippen molar-refractivity contribution in [2.24, 2.45) is 17.3 Å². The van der Waals surface area contributed by atoms with Crippen molar-refractivity contribution in [2.45, 2.75) is 59.7 Å². The molecule has 2 heteroatoms. The SMILES string of the molecule is CC(=O)C1C2C(C)(C=C(C)C2(C)C)OC1(C)C. The minimum absolute atomic E-state index is 0.0174. The molecule has 1 saturated heterocycles. The van der Waals surface area contributed by atoms with E-state index in [0.29, 0.717) is 0 Å². The Kier molecular flexibility index (Phi) is 2.43. The van der Waals surface area contributed by atoms with Crippen molar-refractivity contribution >= 4 is 5.78 Å². The minimum atomic E-state index is -0.361. The van der Waals surface area contributed by atoms with Crippen molar-refractivity contribution in [1.82, 2.24) is 0 Å². The number of ether oxygens (including phenoxy) is 1. The Balaban J connectivity index is 2.55. The molecule has 1 fully saturated rings. The number of hydrogen-bond donors (Lipinski definition) is 0. The van der Waals surface area contributed by atoms with Gasteiger partial charge in [-0.15, -0.1) is 0 Å². The molecular weight excluding hydrogens is 212 g/mol. The average molecular weight is 236 g/mol. The van der Waals surface area contributed by atoms with Crippen LogP contribution in [0, 0.1) is 17.3 Å². The first kappa shape index (κ1) is 12.8. The molecule has 96 valence electrons. The van der Waals surface area contributed by atoms with Crippen LogP contribution in [0.5, 0.6) is 0 Å². The molecule has 1 heterocycles. The van der Waals surface area contributed by atoms with Crippen LogP contribution in [0.4, 0.5) is 0 Å². The minimum Gasteiger partial charge on any atom is -0.364 e. The largest absolute Gasteiger partial charge is 0.364 e. The number of rotatable bonds is 1. The van der Waals surface area contributed by atoms with E-state index in [1.54, 1.807) is 6.92 Å². The summed E-state index contributed by atoms with van der Waals surface area (Å²) >= 11 is 0. The van der Waals surface area contributed by atoms with E-state index in [4.69, 9.17) is 4.74 Å². The van der Waals surface area contributed by atoms with Crippen LogP contribution in [-0.2, 0) is 9.53 Å². The fraction of sp³-hybridized carbons (Fsp3) is 0.800. The molecule has 2 rings (SSSR count). The molecule has 0 amide bonds. The van der Waals surface area contributed by atoms with Gasteiger partial charge in [-0.05, 0) is 40.0 Å². The van der Waals surface area contributed by atoms with Gasteiger partial charge in [0.1, 0.15) is 5.78 Å². The molecular formula is C15H24O2. The van der Waals surface area contributed by atoms with Crippen LogP contribution in [0.3, 0.4) is 0 Å². The highest BCUT2D eigenvalue weighted by Crippen LogP contribution is 2.61. The zero-order valence-corrected chi connectivity index (χ0v) is 12.0. The van der Waals surface area contributed by atoms with Crippen LogP contribution in [0.2, 0.25) is 0 Å². The second-order valence-corrected chi connectivity index (χ2v) is 7.00. The van der Waals surface area contributed by atoms with Crippen molar-refractivity contribution in [3.63, 3.8) is 0 Å². The summed E-state index contributed by atoms with van der Waals surface area (Å²) in [6.07, 6.45) is 2.22. The number of hydrogen-bond acceptors (Lipinski definition) is 2. The number of carbonyl (C=O) groups excluding carboxylic acids is 1. The fourth-order valence-corrected chi connectivity index (χ4v) is 4.26. The summed E-state index contributed by atoms with van der Waals surface area (Å²) in [5.74, 6) is 0.485. The number of allylic oxidation sites excluding steroid dienone is 1. The predicted molar refractivity (Wildman–Crippen MR) is 68.8 cm³/mol. The molecule has 0 aromatic heterocycles. The maximum atomic E-state index is 12.0. The van der Waals surface area contributed by atoms with E-state index >= 15 is 0 Å². The van der Waals surface area contributed by atoms with Gasteiger partial charge in [-0.3, -0.25) is 4.79 Å². The highest BCUT2D eigenvalue weighted by molar-refractivity contribution is 5.81. The summed E-state index contributed by atoms with van der Waals surface area (Å²) in [5, 5.41) is 0. The lowest BCUT2D eigenvalue weighted by molar-refractivity contribution is -0.127. The molecule has 1 aliphatic carbocycles. The third-order valence-corrected chi connectivity index (χ3v) is 4.92. The molecule has 3 atom stereocenters. The first-order valence-electron chi connectivity index (χ1n) is 6.43. The van der Waals surface area contributed by atoms with E-state index in [2.05, 4.69) is 33.8 Å². The van der Waals surface area contributed by atoms with Crippen molar-refractivity contribution in [2.75, 3.05) is 0 Å². The number of carbonyl (C=O) groups is 1. The van der Waals surface area contributed by atoms with Crippen molar-refractivity contribution in [3.8, 4) is 0 Å². The Morgan fingerprint density at radius 1 is 1.24 bits per heavy atom. The number of fused-ring (bicyclic) bond motifs is 1. The fourth-order valence-electron chi connectivity index (χ4n) is 4.26. The molecule has 17 heavy (non-hydrogen) atoms. The number of ketones is 1. The van der Waals surface area contributed by atoms with E-state index < -0.39 is 0 Å². The summed E-state index contributed by atoms with van der Waals surface area (Å²) < 4.78 is 6.24. The zero-order chi connectivity index (χ0) is 13.2. The smallest absolute Gasteiger partial charge is 0.136 e. The van der Waals surface area contributed by atoms with Crippen LogP contribution in [0.25, 0.3) is 0 Å². The molecule has 0 aromatic carbocycles. The third kappa shape index (κ3) is 1.53. The second-order valence-electron chi connectivity index (χ2n) is 7.00. The molecule has 0 spiro atoms. The van der Waals surface area contributed by atoms with Gasteiger partial charge in [0.25, 0.3) is 0 Å². The molecule has 2 nitrogen and oxygen atoms in total. The monoisotopic (exact) mass is 236 g/mol. The van der Waals surface area contributed by atoms with E-state index in [1.165, 1.54) is 5.57 Å². The lowest BCUT2D eigenvalue weighted by Gasteiger charge is -2.36. The molecule has 2 aliphatic rings. The predicted octanol–water partition coefficient (Wildman–Crippen LogP) is 3.36. The van der Waals surface area contributed by atoms with Crippen LogP contribution >= 0.6 is 0 Å². The van der Waals surface area contributed by atoms with Gasteiger partial charge in [0.15, 0.2) is 0 Å². The number of Topliss-reactive ketones (excluding diaryl/α,β-unsaturated/α-hetero) is 1. The lowest BCUT2D eigenvalue weighted by atomic mass is 9.64. The Hall–Kier alpha value is -0.630. The van der Waals surface area contributed by atoms with E-state index in [0.717, 1.165) is 0 Å². The summed E-state index contributed by atoms with van der Waals surface area (Å²) in [4.78, 5) is 12.0. The molecule has 1 aliphatic heterocycles. The van der Waals surface area contributed by atoms with Gasteiger partial charge >= 0.3 is 0 Å². The van der Waals surface area contributed by atoms with Gasteiger partial charge in [-0.1, -0.05) is 25.5 Å². The zero-order valence-electron chi connectivity index (χ0n) is 12.0. The maximum absolute atomic E-state index is 12.0. The molecule has 0 bridgehead atoms. The summed E-state index contributed by atoms with van der Waals surface area (Å²) in [5.41, 5.74) is 0.734. The average Bonchev–Trinajstić information content (AvgIpc) is 2.39. The van der Waals surface area contributed by atoms with Gasteiger partial charge in [0, 0.05) is 5.92 Å². The summed E-state index contributed by atoms with van der Waals surface area (Å²) in [6, 6.07) is 0. The second kappa shape index (κ2) is 3.23. The molecule has 0 saturated carbocycles. The summed E-state index contributed by atoms with van der Waals surface area (Å²) in [7, 11) is 0. The Morgan fingerprint density at radius 2 is 1.76 bits per heavy atom.